The van der Waals surface area contributed by atoms with Gasteiger partial charge in [-0.3, -0.25) is 0 Å². The minimum Gasteiger partial charge on any atom is -0.394 e. The van der Waals surface area contributed by atoms with Gasteiger partial charge in [0.05, 0.1) is 6.61 Å². The molecule has 0 bridgehead atoms. The number of hydrogen-bond donors (Lipinski definition) is 11. The van der Waals surface area contributed by atoms with Gasteiger partial charge in [0, 0.05) is 0 Å². The van der Waals surface area contributed by atoms with Crippen molar-refractivity contribution in [3.63, 3.8) is 0 Å². The van der Waals surface area contributed by atoms with Gasteiger partial charge in [0.1, 0.15) is 61.0 Å². The lowest BCUT2D eigenvalue weighted by Crippen LogP contribution is -2.63. The molecule has 12 nitrogen and oxygen atoms in total. The van der Waals surface area contributed by atoms with Crippen LogP contribution in [0.2, 0.25) is 0 Å². The normalized spacial score (nSPS) is 38.3. The summed E-state index contributed by atoms with van der Waals surface area (Å²) in [4.78, 5) is 9.90. The van der Waals surface area contributed by atoms with Crippen molar-refractivity contribution in [1.82, 2.24) is 0 Å². The van der Waals surface area contributed by atoms with Crippen molar-refractivity contribution in [2.45, 2.75) is 61.0 Å². The maximum atomic E-state index is 9.90. The molecule has 0 aromatic rings. The second kappa shape index (κ2) is 10.3. The molecule has 0 aromatic heterocycles. The van der Waals surface area contributed by atoms with E-state index in [9.17, 15) is 4.79 Å². The number of rotatable bonds is 5. The molecule has 0 aliphatic heterocycles. The van der Waals surface area contributed by atoms with Crippen LogP contribution in [-0.4, -0.2) is 130 Å². The molecule has 11 N–H and O–H groups in total. The van der Waals surface area contributed by atoms with Crippen molar-refractivity contribution in [3.8, 4) is 0 Å². The van der Waals surface area contributed by atoms with E-state index in [-0.39, 0.29) is 6.29 Å². The van der Waals surface area contributed by atoms with Crippen molar-refractivity contribution in [2.24, 2.45) is 0 Å². The Morgan fingerprint density at radius 1 is 0.667 bits per heavy atom. The van der Waals surface area contributed by atoms with Crippen molar-refractivity contribution in [3.05, 3.63) is 0 Å². The second-order valence-corrected chi connectivity index (χ2v) is 5.30. The molecule has 24 heavy (non-hydrogen) atoms. The first-order valence-corrected chi connectivity index (χ1v) is 6.88. The van der Waals surface area contributed by atoms with Crippen LogP contribution in [-0.2, 0) is 4.79 Å². The molecule has 0 aromatic carbocycles. The average Bonchev–Trinajstić information content (AvgIpc) is 2.60. The number of aliphatic hydroxyl groups is 11. The van der Waals surface area contributed by atoms with Crippen LogP contribution < -0.4 is 0 Å². The van der Waals surface area contributed by atoms with Crippen LogP contribution in [0.4, 0.5) is 0 Å². The topological polar surface area (TPSA) is 240 Å². The van der Waals surface area contributed by atoms with Gasteiger partial charge in [-0.15, -0.1) is 0 Å². The molecule has 0 heterocycles. The standard InChI is InChI=1S/2C6H12O6/c7-1-2(8)4(10)6(12)5(11)3(1)9;7-1-3(9)5(11)6(12)4(10)2-8/h1-12H;1,3-6,8-12H,2H2/t1-,2-,3-,4+,5-,6-;3-,4+,5+,6-/m.0/s1. The van der Waals surface area contributed by atoms with E-state index in [1.54, 1.807) is 0 Å². The van der Waals surface area contributed by atoms with E-state index < -0.39 is 67.6 Å². The zero-order valence-electron chi connectivity index (χ0n) is 12.4. The highest BCUT2D eigenvalue weighted by atomic mass is 16.4. The summed E-state index contributed by atoms with van der Waals surface area (Å²) in [6.07, 6.45) is -16.7. The molecular formula is C12H24O12. The van der Waals surface area contributed by atoms with Crippen LogP contribution in [0.15, 0.2) is 0 Å². The van der Waals surface area contributed by atoms with Crippen molar-refractivity contribution in [2.75, 3.05) is 6.61 Å². The molecule has 0 spiro atoms. The first kappa shape index (κ1) is 23.2. The van der Waals surface area contributed by atoms with Crippen molar-refractivity contribution >= 4 is 6.29 Å². The number of hydrogen-bond acceptors (Lipinski definition) is 12. The highest BCUT2D eigenvalue weighted by molar-refractivity contribution is 5.56. The van der Waals surface area contributed by atoms with Gasteiger partial charge in [0.15, 0.2) is 6.29 Å². The Balaban J connectivity index is 0.000000441. The Morgan fingerprint density at radius 3 is 1.17 bits per heavy atom. The molecule has 0 unspecified atom stereocenters. The first-order chi connectivity index (χ1) is 11.0. The average molecular weight is 360 g/mol. The summed E-state index contributed by atoms with van der Waals surface area (Å²) < 4.78 is 0. The van der Waals surface area contributed by atoms with Gasteiger partial charge in [-0.1, -0.05) is 0 Å². The van der Waals surface area contributed by atoms with E-state index in [0.717, 1.165) is 0 Å². The molecule has 0 radical (unpaired) electrons. The van der Waals surface area contributed by atoms with Gasteiger partial charge in [-0.25, -0.2) is 0 Å². The van der Waals surface area contributed by atoms with Crippen LogP contribution in [0, 0.1) is 0 Å². The molecule has 1 saturated carbocycles. The molecule has 4 atom stereocenters. The fraction of sp³-hybridized carbons (Fsp3) is 0.917. The number of carbonyl (C=O) groups excluding carboxylic acids is 1. The van der Waals surface area contributed by atoms with Crippen LogP contribution in [0.25, 0.3) is 0 Å². The van der Waals surface area contributed by atoms with E-state index >= 15 is 0 Å². The highest BCUT2D eigenvalue weighted by Gasteiger charge is 2.47. The minimum absolute atomic E-state index is 0.0258. The lowest BCUT2D eigenvalue weighted by atomic mass is 9.85. The van der Waals surface area contributed by atoms with Crippen LogP contribution >= 0.6 is 0 Å². The highest BCUT2D eigenvalue weighted by Crippen LogP contribution is 2.20. The summed E-state index contributed by atoms with van der Waals surface area (Å²) in [6, 6.07) is 0. The molecule has 0 amide bonds. The molecule has 12 heteroatoms. The van der Waals surface area contributed by atoms with Gasteiger partial charge in [-0.05, 0) is 0 Å². The lowest BCUT2D eigenvalue weighted by molar-refractivity contribution is -0.223. The van der Waals surface area contributed by atoms with Crippen LogP contribution in [0.1, 0.15) is 0 Å². The maximum Gasteiger partial charge on any atom is 0.151 e. The van der Waals surface area contributed by atoms with Gasteiger partial charge in [0.25, 0.3) is 0 Å². The largest absolute Gasteiger partial charge is 0.394 e. The zero-order valence-corrected chi connectivity index (χ0v) is 12.4. The number of aliphatic hydroxyl groups excluding tert-OH is 11. The SMILES string of the molecule is O=C[C@H](O)[C@@H](O)[C@@H](O)[C@H](O)CO.O[C@H]1[C@H](O)[C@@H](O)[C@H](O)[C@@H](O)[C@H]1O. The fourth-order valence-corrected chi connectivity index (χ4v) is 1.83. The Labute approximate surface area is 136 Å². The Hall–Kier alpha value is -0.770. The molecule has 0 saturated heterocycles. The molecule has 1 rings (SSSR count). The summed E-state index contributed by atoms with van der Waals surface area (Å²) in [5, 5.41) is 97.4. The van der Waals surface area contributed by atoms with E-state index in [1.165, 1.54) is 0 Å². The van der Waals surface area contributed by atoms with Crippen LogP contribution in [0.5, 0.6) is 0 Å². The smallest absolute Gasteiger partial charge is 0.151 e. The monoisotopic (exact) mass is 360 g/mol. The lowest BCUT2D eigenvalue weighted by Gasteiger charge is -2.39. The Bertz CT molecular complexity index is 309. The third-order valence-electron chi connectivity index (χ3n) is 3.52. The predicted octanol–water partition coefficient (Wildman–Crippen LogP) is -7.21. The second-order valence-electron chi connectivity index (χ2n) is 5.30. The molecule has 144 valence electrons. The third kappa shape index (κ3) is 5.65. The number of aldehydes is 1. The summed E-state index contributed by atoms with van der Waals surface area (Å²) in [5.74, 6) is 0. The van der Waals surface area contributed by atoms with Gasteiger partial charge in [-0.2, -0.15) is 0 Å². The first-order valence-electron chi connectivity index (χ1n) is 6.88. The summed E-state index contributed by atoms with van der Waals surface area (Å²) in [5.41, 5.74) is 0. The third-order valence-corrected chi connectivity index (χ3v) is 3.52. The zero-order chi connectivity index (χ0) is 19.2. The summed E-state index contributed by atoms with van der Waals surface area (Å²) >= 11 is 0. The van der Waals surface area contributed by atoms with E-state index in [2.05, 4.69) is 0 Å². The summed E-state index contributed by atoms with van der Waals surface area (Å²) in [6.45, 7) is -0.760. The fourth-order valence-electron chi connectivity index (χ4n) is 1.83. The maximum absolute atomic E-state index is 9.90. The van der Waals surface area contributed by atoms with E-state index in [1.807, 2.05) is 0 Å². The predicted molar refractivity (Wildman–Crippen MR) is 73.2 cm³/mol. The minimum atomic E-state index is -1.79. The van der Waals surface area contributed by atoms with Crippen LogP contribution in [0.3, 0.4) is 0 Å². The van der Waals surface area contributed by atoms with E-state index in [0.29, 0.717) is 0 Å². The van der Waals surface area contributed by atoms with Crippen molar-refractivity contribution in [1.29, 1.82) is 0 Å². The summed E-state index contributed by atoms with van der Waals surface area (Å²) in [7, 11) is 0. The Morgan fingerprint density at radius 2 is 0.958 bits per heavy atom. The van der Waals surface area contributed by atoms with Crippen molar-refractivity contribution < 1.29 is 61.0 Å². The quantitative estimate of drug-likeness (QED) is 0.205. The molecule has 1 aliphatic carbocycles. The van der Waals surface area contributed by atoms with Gasteiger partial charge >= 0.3 is 0 Å². The van der Waals surface area contributed by atoms with Gasteiger partial charge < -0.3 is 61.0 Å². The number of carbonyl (C=O) groups is 1. The molecular weight excluding hydrogens is 336 g/mol. The Kier molecular flexibility index (Phi) is 9.94. The molecule has 1 aliphatic rings. The van der Waals surface area contributed by atoms with Gasteiger partial charge in [0.2, 0.25) is 0 Å². The molecule has 1 fully saturated rings. The van der Waals surface area contributed by atoms with E-state index in [4.69, 9.17) is 56.2 Å².